The predicted octanol–water partition coefficient (Wildman–Crippen LogP) is 23.0. The smallest absolute Gasteiger partial charge is 0.351 e. The number of halogens is 25. The van der Waals surface area contributed by atoms with Gasteiger partial charge in [0, 0.05) is 124 Å². The Morgan fingerprint density at radius 1 is 0.353 bits per heavy atom. The standard InChI is InChI=1S/C23H19F5N8.C22H27ClN6.C17H18ClF4N7.C15H13F7N6S.C14H13ClF6N6/c24-22(25)6-4-14(11-22)32-20-35-18(15-2-1-3-16(33-15)23(26,27)28)34-19(36-20)31-13-5-9-30-17(10-13)21(12-29)7-8-21;23-17-3-1-2-16(24-17)20-27-21(25-18(12-4-5-12)13-6-7-13)29-22(28-20)26-19(14-8-9-14)15-10-11-15;18-12-8-23-7-11(26-12)13-27-14(24-9-1-3-16(19,20)5-9)29-15(28-13)25-10-2-4-17(21,22)6-10;16-13(17)1-6(2-13)23-11-26-9(10-25-8(5-29-10)15(20,21)22)27-12(28-11)24-7-3-14(18,19)4-7;1-6(13(16,17)18)22-11-25-10(8-4-3-5-9(15)24-8)26-12(27-11)23-7(2)14(19,20)21/h1-3,5,9-10,14H,4,6-8,11H2,(H2,30,31,32,34,35,36);1-3,12-15,18-19H,4-11H2,(H2,25,26,27,28,29);7-10H,1-6H2,(H2,24,25,27,28,29);5-7H,1-4H2,(H2,23,24,26,27,28);3-7H,1-2H3,(H2,22,23,25,26,27)/t14-;;;;/m0..../s1. The van der Waals surface area contributed by atoms with Crippen LogP contribution in [0.15, 0.2) is 90.7 Å². The topological polar surface area (TPSA) is 428 Å². The Balaban J connectivity index is 0.000000128. The lowest BCUT2D eigenvalue weighted by Gasteiger charge is -2.36. The molecule has 0 bridgehead atoms. The van der Waals surface area contributed by atoms with E-state index in [-0.39, 0.29) is 143 Å². The quantitative estimate of drug-likeness (QED) is 0.0148. The fourth-order valence-corrected chi connectivity index (χ4v) is 18.1. The Hall–Kier alpha value is -12.8. The Bertz CT molecular complexity index is 6440. The van der Waals surface area contributed by atoms with E-state index in [0.717, 1.165) is 49.0 Å². The molecule has 4 unspecified atom stereocenters. The third-order valence-corrected chi connectivity index (χ3v) is 26.9. The van der Waals surface area contributed by atoms with E-state index in [9.17, 15) is 102 Å². The molecule has 10 aliphatic rings. The van der Waals surface area contributed by atoms with Gasteiger partial charge >= 0.3 is 24.7 Å². The van der Waals surface area contributed by atoms with Crippen LogP contribution in [-0.4, -0.2) is 206 Å². The number of hydrogen-bond acceptors (Lipinski definition) is 34. The minimum atomic E-state index is -4.67. The summed E-state index contributed by atoms with van der Waals surface area (Å²) in [6.45, 7) is 1.62. The second kappa shape index (κ2) is 43.5. The van der Waals surface area contributed by atoms with Crippen LogP contribution in [0, 0.1) is 35.0 Å². The van der Waals surface area contributed by atoms with Crippen LogP contribution in [0.2, 0.25) is 15.5 Å². The lowest BCUT2D eigenvalue weighted by Crippen LogP contribution is -2.45. The van der Waals surface area contributed by atoms with Gasteiger partial charge in [-0.3, -0.25) is 9.97 Å². The van der Waals surface area contributed by atoms with Crippen molar-refractivity contribution in [2.24, 2.45) is 23.7 Å². The average molecular weight is 2200 g/mol. The summed E-state index contributed by atoms with van der Waals surface area (Å²) in [6.07, 6.45) is -5.24. The van der Waals surface area contributed by atoms with Gasteiger partial charge < -0.3 is 53.2 Å². The van der Waals surface area contributed by atoms with Crippen LogP contribution in [0.3, 0.4) is 0 Å². The average Bonchev–Trinajstić information content (AvgIpc) is 1.49. The Kier molecular flexibility index (Phi) is 31.4. The highest BCUT2D eigenvalue weighted by Gasteiger charge is 2.52. The van der Waals surface area contributed by atoms with Crippen molar-refractivity contribution >= 4 is 111 Å². The second-order valence-electron chi connectivity index (χ2n) is 38.2. The van der Waals surface area contributed by atoms with Crippen LogP contribution in [-0.2, 0) is 17.8 Å². The predicted molar refractivity (Wildman–Crippen MR) is 506 cm³/mol. The summed E-state index contributed by atoms with van der Waals surface area (Å²) < 4.78 is 288. The van der Waals surface area contributed by atoms with Crippen molar-refractivity contribution in [2.45, 2.75) is 276 Å². The van der Waals surface area contributed by atoms with E-state index in [1.807, 2.05) is 22.8 Å². The molecule has 5 atom stereocenters. The molecular weight excluding hydrogens is 2110 g/mol. The van der Waals surface area contributed by atoms with Crippen molar-refractivity contribution in [1.29, 1.82) is 5.26 Å². The van der Waals surface area contributed by atoms with Gasteiger partial charge in [-0.2, -0.15) is 133 Å². The van der Waals surface area contributed by atoms with E-state index >= 15 is 0 Å². The summed E-state index contributed by atoms with van der Waals surface area (Å²) in [5, 5.41) is 38.9. The molecular formula is C91H90Cl3F22N33S. The number of thiazole rings is 1. The van der Waals surface area contributed by atoms with E-state index in [1.54, 1.807) is 18.2 Å². The first-order chi connectivity index (χ1) is 70.7. The van der Waals surface area contributed by atoms with Gasteiger partial charge in [-0.05, 0) is 170 Å². The normalized spacial score (nSPS) is 20.6. The fourth-order valence-electron chi connectivity index (χ4n) is 16.8. The molecule has 11 heterocycles. The molecule has 10 aliphatic carbocycles. The molecule has 0 saturated heterocycles. The number of alkyl halides is 22. The van der Waals surface area contributed by atoms with Crippen LogP contribution in [0.5, 0.6) is 0 Å². The lowest BCUT2D eigenvalue weighted by molar-refractivity contribution is -0.141. The first-order valence-electron chi connectivity index (χ1n) is 47.4. The first kappa shape index (κ1) is 108. The van der Waals surface area contributed by atoms with Gasteiger partial charge in [-0.15, -0.1) is 11.3 Å². The number of pyridine rings is 4. The molecule has 0 aromatic carbocycles. The zero-order chi connectivity index (χ0) is 107. The molecule has 33 nitrogen and oxygen atoms in total. The van der Waals surface area contributed by atoms with Gasteiger partial charge in [0.2, 0.25) is 77.3 Å². The van der Waals surface area contributed by atoms with Gasteiger partial charge in [-0.25, -0.2) is 68.8 Å². The molecule has 0 amide bonds. The van der Waals surface area contributed by atoms with Crippen LogP contribution in [0.1, 0.15) is 179 Å². The summed E-state index contributed by atoms with van der Waals surface area (Å²) in [4.78, 5) is 90.3. The van der Waals surface area contributed by atoms with Crippen LogP contribution < -0.4 is 53.2 Å². The van der Waals surface area contributed by atoms with E-state index < -0.39 is 157 Å². The fraction of sp³-hybridized carbons (Fsp3) is 0.527. The van der Waals surface area contributed by atoms with Gasteiger partial charge in [-0.1, -0.05) is 53.0 Å². The third kappa shape index (κ3) is 29.9. The summed E-state index contributed by atoms with van der Waals surface area (Å²) in [6, 6.07) is 12.8. The number of hydrogen-bond donors (Lipinski definition) is 10. The highest BCUT2D eigenvalue weighted by atomic mass is 35.5. The van der Waals surface area contributed by atoms with Gasteiger partial charge in [0.15, 0.2) is 39.8 Å². The largest absolute Gasteiger partial charge is 0.434 e. The second-order valence-corrected chi connectivity index (χ2v) is 40.2. The summed E-state index contributed by atoms with van der Waals surface area (Å²) in [5.41, 5.74) is -0.977. The number of rotatable bonds is 30. The molecule has 800 valence electrons. The molecule has 10 saturated carbocycles. The van der Waals surface area contributed by atoms with Crippen molar-refractivity contribution in [3.05, 3.63) is 123 Å². The van der Waals surface area contributed by atoms with E-state index in [0.29, 0.717) is 76.2 Å². The highest BCUT2D eigenvalue weighted by Crippen LogP contribution is 2.51. The Morgan fingerprint density at radius 3 is 1.05 bits per heavy atom. The van der Waals surface area contributed by atoms with Gasteiger partial charge in [0.25, 0.3) is 11.8 Å². The minimum Gasteiger partial charge on any atom is -0.351 e. The molecule has 59 heteroatoms. The molecule has 150 heavy (non-hydrogen) atoms. The summed E-state index contributed by atoms with van der Waals surface area (Å²) in [5.74, 6) is -10.8. The van der Waals surface area contributed by atoms with Crippen molar-refractivity contribution in [3.63, 3.8) is 0 Å². The van der Waals surface area contributed by atoms with Crippen molar-refractivity contribution in [2.75, 3.05) is 53.2 Å². The first-order valence-corrected chi connectivity index (χ1v) is 49.4. The number of nitrogens with one attached hydrogen (secondary N) is 10. The molecule has 11 aromatic rings. The zero-order valence-electron chi connectivity index (χ0n) is 78.6. The van der Waals surface area contributed by atoms with Crippen LogP contribution in [0.25, 0.3) is 56.9 Å². The lowest BCUT2D eigenvalue weighted by atomic mass is 9.88. The Labute approximate surface area is 857 Å². The van der Waals surface area contributed by atoms with Crippen molar-refractivity contribution in [1.82, 2.24) is 110 Å². The van der Waals surface area contributed by atoms with E-state index in [1.165, 1.54) is 100 Å². The molecule has 0 spiro atoms. The Morgan fingerprint density at radius 2 is 0.700 bits per heavy atom. The highest BCUT2D eigenvalue weighted by molar-refractivity contribution is 7.13. The molecule has 0 aliphatic heterocycles. The number of nitriles is 1. The number of nitrogens with zero attached hydrogens (tertiary/aromatic N) is 23. The maximum Gasteiger partial charge on any atom is 0.434 e. The van der Waals surface area contributed by atoms with Crippen LogP contribution in [0.4, 0.5) is 162 Å². The van der Waals surface area contributed by atoms with E-state index in [2.05, 4.69) is 143 Å². The molecule has 0 radical (unpaired) electrons. The molecule has 10 N–H and O–H groups in total. The summed E-state index contributed by atoms with van der Waals surface area (Å²) >= 11 is 18.4. The zero-order valence-corrected chi connectivity index (χ0v) is 81.7. The van der Waals surface area contributed by atoms with E-state index in [4.69, 9.17) is 49.8 Å². The molecule has 21 rings (SSSR count). The maximum atomic E-state index is 13.7. The van der Waals surface area contributed by atoms with Gasteiger partial charge in [0.1, 0.15) is 56.0 Å². The monoisotopic (exact) mass is 2200 g/mol. The number of aromatic nitrogens is 22. The van der Waals surface area contributed by atoms with Crippen molar-refractivity contribution in [3.8, 4) is 63.0 Å². The van der Waals surface area contributed by atoms with Gasteiger partial charge in [0.05, 0.1) is 29.6 Å². The maximum absolute atomic E-state index is 13.7. The SMILES string of the molecule is CC(Nc1nc(NC(C)C(F)(F)F)nc(-c2cccc(Cl)n2)n1)C(F)(F)F.Clc1cccc(-c2nc(NC(C3CC3)C3CC3)nc(NC(C3CC3)C3CC3)n2)n1.FC1(F)CC(Nc2nc(NC3CC(F)(F)C3)nc(-c3nc(C(F)(F)F)cs3)n2)C1.FC1(F)CCC(Nc2nc(NC3CCC(F)(F)C3)nc(-c3cncc(Cl)n3)n2)C1.N#CC1(c2cc(Nc3nc(N[C@H]4CCC(F)(F)C4)nc(-c4cccc(C(F)(F)F)n4)n3)ccn2)CC1. The summed E-state index contributed by atoms with van der Waals surface area (Å²) in [7, 11) is 0. The molecule has 10 fully saturated rings. The third-order valence-electron chi connectivity index (χ3n) is 25.5. The number of anilines is 11. The molecule has 11 aromatic heterocycles. The minimum absolute atomic E-state index is 0.0366. The van der Waals surface area contributed by atoms with Crippen molar-refractivity contribution < 1.29 is 96.6 Å². The van der Waals surface area contributed by atoms with Crippen LogP contribution >= 0.6 is 46.1 Å².